The molecule has 4 nitrogen and oxygen atoms in total. The highest BCUT2D eigenvalue weighted by Crippen LogP contribution is 2.07. The van der Waals surface area contributed by atoms with E-state index in [4.69, 9.17) is 5.73 Å². The van der Waals surface area contributed by atoms with Crippen molar-refractivity contribution < 1.29 is 0 Å². The van der Waals surface area contributed by atoms with Gasteiger partial charge in [-0.2, -0.15) is 0 Å². The van der Waals surface area contributed by atoms with Crippen LogP contribution < -0.4 is 5.73 Å². The second-order valence-electron chi connectivity index (χ2n) is 3.54. The van der Waals surface area contributed by atoms with Crippen molar-refractivity contribution in [2.24, 2.45) is 7.05 Å². The maximum absolute atomic E-state index is 5.61. The normalized spacial score (nSPS) is 10.5. The lowest BCUT2D eigenvalue weighted by Crippen LogP contribution is -2.00. The van der Waals surface area contributed by atoms with Crippen LogP contribution in [0, 0.1) is 0 Å². The van der Waals surface area contributed by atoms with E-state index in [2.05, 4.69) is 9.97 Å². The number of aromatic nitrogens is 3. The molecule has 0 aliphatic rings. The number of nitrogens with zero attached hydrogens (tertiary/aromatic N) is 3. The lowest BCUT2D eigenvalue weighted by atomic mass is 10.1. The highest BCUT2D eigenvalue weighted by atomic mass is 15.0. The zero-order valence-electron chi connectivity index (χ0n) is 8.72. The van der Waals surface area contributed by atoms with Gasteiger partial charge in [0.2, 0.25) is 0 Å². The molecule has 0 spiro atoms. The van der Waals surface area contributed by atoms with Crippen molar-refractivity contribution >= 4 is 5.82 Å². The predicted octanol–water partition coefficient (Wildman–Crippen LogP) is 1.18. The fourth-order valence-electron chi connectivity index (χ4n) is 1.54. The molecule has 0 fully saturated rings. The molecule has 0 amide bonds. The average Bonchev–Trinajstić information content (AvgIpc) is 2.61. The summed E-state index contributed by atoms with van der Waals surface area (Å²) in [6.45, 7) is 0. The van der Waals surface area contributed by atoms with E-state index in [1.165, 1.54) is 5.56 Å². The summed E-state index contributed by atoms with van der Waals surface area (Å²) in [6.07, 6.45) is 7.38. The van der Waals surface area contributed by atoms with Gasteiger partial charge in [-0.1, -0.05) is 0 Å². The van der Waals surface area contributed by atoms with Crippen molar-refractivity contribution in [1.29, 1.82) is 0 Å². The molecule has 15 heavy (non-hydrogen) atoms. The Morgan fingerprint density at radius 2 is 2.13 bits per heavy atom. The zero-order chi connectivity index (χ0) is 10.7. The second-order valence-corrected chi connectivity index (χ2v) is 3.54. The van der Waals surface area contributed by atoms with Crippen LogP contribution in [0.2, 0.25) is 0 Å². The lowest BCUT2D eigenvalue weighted by Gasteiger charge is -2.02. The number of imidazole rings is 1. The summed E-state index contributed by atoms with van der Waals surface area (Å²) in [5, 5.41) is 0. The van der Waals surface area contributed by atoms with Crippen molar-refractivity contribution in [2.45, 2.75) is 12.8 Å². The smallest absolute Gasteiger partial charge is 0.123 e. The average molecular weight is 202 g/mol. The van der Waals surface area contributed by atoms with Gasteiger partial charge in [-0.05, 0) is 24.1 Å². The molecule has 0 saturated carbocycles. The molecule has 0 bridgehead atoms. The Bertz CT molecular complexity index is 447. The maximum atomic E-state index is 5.61. The van der Waals surface area contributed by atoms with Crippen LogP contribution in [0.5, 0.6) is 0 Å². The van der Waals surface area contributed by atoms with E-state index < -0.39 is 0 Å². The summed E-state index contributed by atoms with van der Waals surface area (Å²) in [4.78, 5) is 8.23. The minimum absolute atomic E-state index is 0.576. The van der Waals surface area contributed by atoms with Gasteiger partial charge in [0.25, 0.3) is 0 Å². The van der Waals surface area contributed by atoms with Crippen LogP contribution in [-0.4, -0.2) is 14.5 Å². The molecular formula is C11H14N4. The Kier molecular flexibility index (Phi) is 2.67. The standard InChI is InChI=1S/C11H14N4/c1-15-7-6-14-11(15)3-2-9-4-5-13-10(12)8-9/h4-8H,2-3H2,1H3,(H2,12,13). The molecule has 2 rings (SSSR count). The summed E-state index contributed by atoms with van der Waals surface area (Å²) in [5.41, 5.74) is 6.81. The summed E-state index contributed by atoms with van der Waals surface area (Å²) in [6, 6.07) is 3.89. The molecule has 2 aromatic heterocycles. The number of rotatable bonds is 3. The molecule has 0 radical (unpaired) electrons. The molecule has 2 aromatic rings. The van der Waals surface area contributed by atoms with Gasteiger partial charge in [0, 0.05) is 32.1 Å². The molecule has 4 heteroatoms. The Hall–Kier alpha value is -1.84. The van der Waals surface area contributed by atoms with Crippen molar-refractivity contribution in [1.82, 2.24) is 14.5 Å². The quantitative estimate of drug-likeness (QED) is 0.813. The molecule has 0 aromatic carbocycles. The van der Waals surface area contributed by atoms with Gasteiger partial charge < -0.3 is 10.3 Å². The number of hydrogen-bond donors (Lipinski definition) is 1. The third-order valence-corrected chi connectivity index (χ3v) is 2.40. The van der Waals surface area contributed by atoms with Gasteiger partial charge in [-0.15, -0.1) is 0 Å². The van der Waals surface area contributed by atoms with Gasteiger partial charge in [0.05, 0.1) is 0 Å². The van der Waals surface area contributed by atoms with Gasteiger partial charge in [-0.3, -0.25) is 0 Å². The Labute approximate surface area is 88.8 Å². The molecule has 0 saturated heterocycles. The SMILES string of the molecule is Cn1ccnc1CCc1ccnc(N)c1. The van der Waals surface area contributed by atoms with E-state index in [1.807, 2.05) is 36.1 Å². The molecule has 78 valence electrons. The maximum Gasteiger partial charge on any atom is 0.123 e. The Balaban J connectivity index is 2.02. The third kappa shape index (κ3) is 2.34. The molecular weight excluding hydrogens is 188 g/mol. The van der Waals surface area contributed by atoms with E-state index in [1.54, 1.807) is 6.20 Å². The largest absolute Gasteiger partial charge is 0.384 e. The van der Waals surface area contributed by atoms with Crippen LogP contribution >= 0.6 is 0 Å². The number of nitrogens with two attached hydrogens (primary N) is 1. The van der Waals surface area contributed by atoms with E-state index in [9.17, 15) is 0 Å². The van der Waals surface area contributed by atoms with Crippen molar-refractivity contribution in [3.8, 4) is 0 Å². The van der Waals surface area contributed by atoms with Crippen LogP contribution in [0.25, 0.3) is 0 Å². The van der Waals surface area contributed by atoms with E-state index in [0.29, 0.717) is 5.82 Å². The Morgan fingerprint density at radius 3 is 2.80 bits per heavy atom. The summed E-state index contributed by atoms with van der Waals surface area (Å²) < 4.78 is 2.03. The van der Waals surface area contributed by atoms with Gasteiger partial charge in [-0.25, -0.2) is 9.97 Å². The second kappa shape index (κ2) is 4.13. The van der Waals surface area contributed by atoms with E-state index in [0.717, 1.165) is 18.7 Å². The van der Waals surface area contributed by atoms with Gasteiger partial charge >= 0.3 is 0 Å². The number of hydrogen-bond acceptors (Lipinski definition) is 3. The van der Waals surface area contributed by atoms with E-state index >= 15 is 0 Å². The van der Waals surface area contributed by atoms with Crippen LogP contribution in [0.15, 0.2) is 30.7 Å². The fourth-order valence-corrected chi connectivity index (χ4v) is 1.54. The topological polar surface area (TPSA) is 56.7 Å². The zero-order valence-corrected chi connectivity index (χ0v) is 8.72. The number of aryl methyl sites for hydroxylation is 3. The van der Waals surface area contributed by atoms with E-state index in [-0.39, 0.29) is 0 Å². The highest BCUT2D eigenvalue weighted by Gasteiger charge is 2.00. The summed E-state index contributed by atoms with van der Waals surface area (Å²) in [5.74, 6) is 1.66. The molecule has 0 aliphatic heterocycles. The molecule has 0 aliphatic carbocycles. The first kappa shape index (κ1) is 9.71. The molecule has 0 atom stereocenters. The third-order valence-electron chi connectivity index (χ3n) is 2.40. The predicted molar refractivity (Wildman–Crippen MR) is 59.3 cm³/mol. The van der Waals surface area contributed by atoms with Crippen LogP contribution in [0.1, 0.15) is 11.4 Å². The minimum Gasteiger partial charge on any atom is -0.384 e. The first-order valence-corrected chi connectivity index (χ1v) is 4.92. The first-order chi connectivity index (χ1) is 7.25. The molecule has 0 unspecified atom stereocenters. The summed E-state index contributed by atoms with van der Waals surface area (Å²) >= 11 is 0. The number of nitrogen functional groups attached to an aromatic ring is 1. The van der Waals surface area contributed by atoms with Gasteiger partial charge in [0.1, 0.15) is 11.6 Å². The fraction of sp³-hybridized carbons (Fsp3) is 0.273. The lowest BCUT2D eigenvalue weighted by molar-refractivity contribution is 0.771. The first-order valence-electron chi connectivity index (χ1n) is 4.92. The van der Waals surface area contributed by atoms with Crippen LogP contribution in [0.3, 0.4) is 0 Å². The number of pyridine rings is 1. The monoisotopic (exact) mass is 202 g/mol. The number of anilines is 1. The van der Waals surface area contributed by atoms with Crippen LogP contribution in [-0.2, 0) is 19.9 Å². The molecule has 2 N–H and O–H groups in total. The van der Waals surface area contributed by atoms with Gasteiger partial charge in [0.15, 0.2) is 0 Å². The summed E-state index contributed by atoms with van der Waals surface area (Å²) in [7, 11) is 2.00. The van der Waals surface area contributed by atoms with Crippen molar-refractivity contribution in [3.63, 3.8) is 0 Å². The van der Waals surface area contributed by atoms with Crippen molar-refractivity contribution in [3.05, 3.63) is 42.1 Å². The molecule has 2 heterocycles. The minimum atomic E-state index is 0.576. The van der Waals surface area contributed by atoms with Crippen LogP contribution in [0.4, 0.5) is 5.82 Å². The highest BCUT2D eigenvalue weighted by molar-refractivity contribution is 5.31. The Morgan fingerprint density at radius 1 is 1.27 bits per heavy atom. The van der Waals surface area contributed by atoms with Crippen molar-refractivity contribution in [2.75, 3.05) is 5.73 Å².